The summed E-state index contributed by atoms with van der Waals surface area (Å²) in [5.41, 5.74) is 2.92. The molecule has 0 N–H and O–H groups in total. The second-order valence-corrected chi connectivity index (χ2v) is 5.77. The normalized spacial score (nSPS) is 11.4. The lowest BCUT2D eigenvalue weighted by molar-refractivity contribution is -0.153. The third-order valence-electron chi connectivity index (χ3n) is 2.57. The Morgan fingerprint density at radius 1 is 1.28 bits per heavy atom. The first-order valence-corrected chi connectivity index (χ1v) is 6.40. The Morgan fingerprint density at radius 2 is 1.94 bits per heavy atom. The number of nitrogens with zero attached hydrogens (tertiary/aromatic N) is 1. The van der Waals surface area contributed by atoms with Crippen LogP contribution in [-0.2, 0) is 16.0 Å². The second-order valence-electron chi connectivity index (χ2n) is 5.77. The van der Waals surface area contributed by atoms with Crippen LogP contribution in [0, 0.1) is 19.3 Å². The van der Waals surface area contributed by atoms with Gasteiger partial charge in [0, 0.05) is 11.4 Å². The average molecular weight is 249 g/mol. The van der Waals surface area contributed by atoms with Gasteiger partial charge in [-0.25, -0.2) is 0 Å². The van der Waals surface area contributed by atoms with Gasteiger partial charge in [0.15, 0.2) is 0 Å². The van der Waals surface area contributed by atoms with Gasteiger partial charge in [0.25, 0.3) is 0 Å². The van der Waals surface area contributed by atoms with Gasteiger partial charge in [-0.3, -0.25) is 9.78 Å². The molecule has 1 aromatic rings. The van der Waals surface area contributed by atoms with E-state index in [9.17, 15) is 4.79 Å². The Bertz CT molecular complexity index is 399. The van der Waals surface area contributed by atoms with Crippen LogP contribution in [0.15, 0.2) is 12.1 Å². The summed E-state index contributed by atoms with van der Waals surface area (Å²) >= 11 is 0. The fourth-order valence-electron chi connectivity index (χ4n) is 1.69. The number of pyridine rings is 1. The summed E-state index contributed by atoms with van der Waals surface area (Å²) < 4.78 is 5.22. The molecule has 3 heteroatoms. The Morgan fingerprint density at radius 3 is 2.50 bits per heavy atom. The van der Waals surface area contributed by atoms with E-state index in [-0.39, 0.29) is 5.97 Å². The van der Waals surface area contributed by atoms with Gasteiger partial charge in [-0.2, -0.15) is 0 Å². The molecule has 0 bridgehead atoms. The van der Waals surface area contributed by atoms with Gasteiger partial charge in [-0.15, -0.1) is 0 Å². The molecule has 1 heterocycles. The van der Waals surface area contributed by atoms with E-state index in [1.165, 1.54) is 5.56 Å². The number of esters is 1. The lowest BCUT2D eigenvalue weighted by Gasteiger charge is -2.16. The summed E-state index contributed by atoms with van der Waals surface area (Å²) in [5.74, 6) is -0.143. The summed E-state index contributed by atoms with van der Waals surface area (Å²) in [6.07, 6.45) is 1.66. The Balaban J connectivity index is 2.36. The van der Waals surface area contributed by atoms with Crippen LogP contribution in [-0.4, -0.2) is 17.6 Å². The van der Waals surface area contributed by atoms with Crippen LogP contribution < -0.4 is 0 Å². The maximum absolute atomic E-state index is 11.5. The summed E-state index contributed by atoms with van der Waals surface area (Å²) in [5, 5.41) is 0. The van der Waals surface area contributed by atoms with Crippen LogP contribution >= 0.6 is 0 Å². The molecule has 1 aromatic heterocycles. The quantitative estimate of drug-likeness (QED) is 0.607. The van der Waals surface area contributed by atoms with Crippen molar-refractivity contribution >= 4 is 5.97 Å². The van der Waals surface area contributed by atoms with E-state index < -0.39 is 5.41 Å². The molecule has 0 aromatic carbocycles. The van der Waals surface area contributed by atoms with Gasteiger partial charge in [-0.1, -0.05) is 0 Å². The van der Waals surface area contributed by atoms with Crippen LogP contribution in [0.4, 0.5) is 0 Å². The lowest BCUT2D eigenvalue weighted by Crippen LogP contribution is -2.23. The molecule has 18 heavy (non-hydrogen) atoms. The average Bonchev–Trinajstić information content (AvgIpc) is 2.21. The molecule has 3 nitrogen and oxygen atoms in total. The first-order valence-electron chi connectivity index (χ1n) is 6.40. The highest BCUT2D eigenvalue weighted by Gasteiger charge is 2.22. The fourth-order valence-corrected chi connectivity index (χ4v) is 1.69. The minimum absolute atomic E-state index is 0.143. The molecule has 0 aliphatic carbocycles. The number of rotatable bonds is 4. The standard InChI is InChI=1S/C15H23NO2/c1-11-9-12(2)16-13(10-11)7-6-8-18-14(17)15(3,4)5/h9-10H,6-8H2,1-5H3. The van der Waals surface area contributed by atoms with Crippen LogP contribution in [0.25, 0.3) is 0 Å². The van der Waals surface area contributed by atoms with E-state index in [0.717, 1.165) is 24.2 Å². The van der Waals surface area contributed by atoms with Crippen LogP contribution in [0.3, 0.4) is 0 Å². The summed E-state index contributed by atoms with van der Waals surface area (Å²) in [7, 11) is 0. The van der Waals surface area contributed by atoms with Gasteiger partial charge in [0.05, 0.1) is 12.0 Å². The van der Waals surface area contributed by atoms with E-state index >= 15 is 0 Å². The van der Waals surface area contributed by atoms with Gasteiger partial charge in [-0.05, 0) is 65.2 Å². The number of hydrogen-bond acceptors (Lipinski definition) is 3. The molecule has 0 amide bonds. The van der Waals surface area contributed by atoms with Gasteiger partial charge in [0.1, 0.15) is 0 Å². The number of aryl methyl sites for hydroxylation is 3. The van der Waals surface area contributed by atoms with Crippen molar-refractivity contribution in [3.8, 4) is 0 Å². The molecule has 0 radical (unpaired) electrons. The van der Waals surface area contributed by atoms with E-state index in [4.69, 9.17) is 4.74 Å². The van der Waals surface area contributed by atoms with Crippen molar-refractivity contribution in [2.24, 2.45) is 5.41 Å². The predicted molar refractivity (Wildman–Crippen MR) is 72.4 cm³/mol. The number of hydrogen-bond donors (Lipinski definition) is 0. The van der Waals surface area contributed by atoms with Crippen LogP contribution in [0.5, 0.6) is 0 Å². The molecule has 0 unspecified atom stereocenters. The van der Waals surface area contributed by atoms with Crippen molar-refractivity contribution in [3.05, 3.63) is 29.1 Å². The van der Waals surface area contributed by atoms with Crippen molar-refractivity contribution in [3.63, 3.8) is 0 Å². The first kappa shape index (κ1) is 14.7. The summed E-state index contributed by atoms with van der Waals surface area (Å²) in [6.45, 7) is 10.1. The number of carbonyl (C=O) groups is 1. The van der Waals surface area contributed by atoms with Gasteiger partial charge in [0.2, 0.25) is 0 Å². The van der Waals surface area contributed by atoms with Crippen molar-refractivity contribution in [1.29, 1.82) is 0 Å². The first-order chi connectivity index (χ1) is 8.29. The van der Waals surface area contributed by atoms with E-state index in [1.54, 1.807) is 0 Å². The highest BCUT2D eigenvalue weighted by Crippen LogP contribution is 2.15. The van der Waals surface area contributed by atoms with Crippen LogP contribution in [0.2, 0.25) is 0 Å². The number of aromatic nitrogens is 1. The monoisotopic (exact) mass is 249 g/mol. The molecule has 0 spiro atoms. The zero-order valence-electron chi connectivity index (χ0n) is 12.0. The topological polar surface area (TPSA) is 39.2 Å². The molecule has 1 rings (SSSR count). The molecule has 0 aliphatic rings. The Labute approximate surface area is 110 Å². The SMILES string of the molecule is Cc1cc(C)nc(CCCOC(=O)C(C)(C)C)c1. The molecule has 0 aliphatic heterocycles. The Kier molecular flexibility index (Phi) is 4.88. The third kappa shape index (κ3) is 4.86. The highest BCUT2D eigenvalue weighted by atomic mass is 16.5. The molecule has 0 saturated carbocycles. The molecular weight excluding hydrogens is 226 g/mol. The zero-order valence-corrected chi connectivity index (χ0v) is 12.0. The van der Waals surface area contributed by atoms with Crippen LogP contribution in [0.1, 0.15) is 44.1 Å². The molecule has 100 valence electrons. The van der Waals surface area contributed by atoms with Crippen molar-refractivity contribution in [2.45, 2.75) is 47.5 Å². The molecular formula is C15H23NO2. The van der Waals surface area contributed by atoms with Crippen molar-refractivity contribution in [2.75, 3.05) is 6.61 Å². The van der Waals surface area contributed by atoms with E-state index in [2.05, 4.69) is 24.0 Å². The largest absolute Gasteiger partial charge is 0.465 e. The van der Waals surface area contributed by atoms with Crippen molar-refractivity contribution in [1.82, 2.24) is 4.98 Å². The lowest BCUT2D eigenvalue weighted by atomic mass is 9.97. The zero-order chi connectivity index (χ0) is 13.8. The maximum Gasteiger partial charge on any atom is 0.311 e. The molecule has 0 saturated heterocycles. The smallest absolute Gasteiger partial charge is 0.311 e. The fraction of sp³-hybridized carbons (Fsp3) is 0.600. The van der Waals surface area contributed by atoms with E-state index in [1.807, 2.05) is 27.7 Å². The number of carbonyl (C=O) groups excluding carboxylic acids is 1. The summed E-state index contributed by atoms with van der Waals surface area (Å²) in [6, 6.07) is 4.14. The van der Waals surface area contributed by atoms with Crippen molar-refractivity contribution < 1.29 is 9.53 Å². The predicted octanol–water partition coefficient (Wildman–Crippen LogP) is 3.22. The molecule has 0 fully saturated rings. The Hall–Kier alpha value is -1.38. The third-order valence-corrected chi connectivity index (χ3v) is 2.57. The molecule has 0 atom stereocenters. The summed E-state index contributed by atoms with van der Waals surface area (Å²) in [4.78, 5) is 16.0. The maximum atomic E-state index is 11.5. The number of ether oxygens (including phenoxy) is 1. The van der Waals surface area contributed by atoms with E-state index in [0.29, 0.717) is 6.61 Å². The van der Waals surface area contributed by atoms with Gasteiger partial charge >= 0.3 is 5.97 Å². The minimum atomic E-state index is -0.418. The minimum Gasteiger partial charge on any atom is -0.465 e. The highest BCUT2D eigenvalue weighted by molar-refractivity contribution is 5.75. The second kappa shape index (κ2) is 5.98. The van der Waals surface area contributed by atoms with Gasteiger partial charge < -0.3 is 4.74 Å².